The van der Waals surface area contributed by atoms with E-state index < -0.39 is 21.8 Å². The molecule has 0 aliphatic heterocycles. The number of rotatable bonds is 9. The fourth-order valence-corrected chi connectivity index (χ4v) is 2.58. The van der Waals surface area contributed by atoms with Crippen LogP contribution in [-0.4, -0.2) is 50.6 Å². The summed E-state index contributed by atoms with van der Waals surface area (Å²) in [6, 6.07) is 0. The molecule has 0 aromatic rings. The van der Waals surface area contributed by atoms with Crippen LogP contribution in [0.15, 0.2) is 12.2 Å². The molecule has 0 heterocycles. The zero-order valence-electron chi connectivity index (χ0n) is 10.1. The first-order chi connectivity index (χ1) is 8.43. The molecule has 0 rings (SSSR count). The molecular weight excluding hydrogens is 303 g/mol. The standard InChI is InChI=1S/C10H17AsN2O5/c1-7(2)9(15)12-5-3-4-11-8(14)6-18-13-10(16)17/h11,13H,1,3-6H2,2H3,(H,12,15)(H,16,17). The quantitative estimate of drug-likeness (QED) is 0.233. The van der Waals surface area contributed by atoms with E-state index in [4.69, 9.17) is 5.11 Å². The minimum atomic E-state index is -1.33. The molecule has 0 aliphatic rings. The predicted octanol–water partition coefficient (Wildman–Crippen LogP) is -0.351. The van der Waals surface area contributed by atoms with E-state index in [1.807, 2.05) is 0 Å². The van der Waals surface area contributed by atoms with Gasteiger partial charge in [-0.3, -0.25) is 0 Å². The molecule has 18 heavy (non-hydrogen) atoms. The summed E-state index contributed by atoms with van der Waals surface area (Å²) in [5.74, 6) is -0.185. The Morgan fingerprint density at radius 1 is 1.39 bits per heavy atom. The van der Waals surface area contributed by atoms with Crippen LogP contribution in [-0.2, 0) is 14.4 Å². The summed E-state index contributed by atoms with van der Waals surface area (Å²) >= 11 is -0.821. The molecule has 102 valence electrons. The monoisotopic (exact) mass is 320 g/mol. The Morgan fingerprint density at radius 3 is 2.61 bits per heavy atom. The van der Waals surface area contributed by atoms with E-state index in [1.54, 1.807) is 12.4 Å². The average molecular weight is 320 g/mol. The van der Waals surface area contributed by atoms with Crippen molar-refractivity contribution in [2.24, 2.45) is 0 Å². The van der Waals surface area contributed by atoms with Gasteiger partial charge in [-0.2, -0.15) is 0 Å². The molecular formula is C10H17AsN2O5. The fraction of sp³-hybridized carbons (Fsp3) is 0.500. The molecule has 0 aromatic carbocycles. The van der Waals surface area contributed by atoms with Gasteiger partial charge in [0.05, 0.1) is 0 Å². The second-order valence-corrected chi connectivity index (χ2v) is 6.40. The van der Waals surface area contributed by atoms with Crippen LogP contribution in [0.1, 0.15) is 13.3 Å². The molecule has 0 saturated carbocycles. The predicted molar refractivity (Wildman–Crippen MR) is 66.5 cm³/mol. The van der Waals surface area contributed by atoms with Crippen molar-refractivity contribution in [1.82, 2.24) is 10.8 Å². The molecule has 7 nitrogen and oxygen atoms in total. The fourth-order valence-electron chi connectivity index (χ4n) is 0.883. The average Bonchev–Trinajstić information content (AvgIpc) is 2.27. The molecule has 0 saturated heterocycles. The van der Waals surface area contributed by atoms with Gasteiger partial charge in [-0.1, -0.05) is 0 Å². The van der Waals surface area contributed by atoms with Crippen LogP contribution in [0.2, 0.25) is 5.21 Å². The van der Waals surface area contributed by atoms with E-state index >= 15 is 0 Å². The summed E-state index contributed by atoms with van der Waals surface area (Å²) in [6.45, 7) is 5.40. The number of carboxylic acid groups (broad SMARTS) is 1. The summed E-state index contributed by atoms with van der Waals surface area (Å²) in [5, 5.41) is 11.6. The van der Waals surface area contributed by atoms with Gasteiger partial charge in [0, 0.05) is 0 Å². The van der Waals surface area contributed by atoms with Gasteiger partial charge in [0.15, 0.2) is 0 Å². The Hall–Kier alpha value is -1.33. The molecule has 1 unspecified atom stereocenters. The van der Waals surface area contributed by atoms with E-state index in [0.717, 1.165) is 11.6 Å². The van der Waals surface area contributed by atoms with Gasteiger partial charge in [0.25, 0.3) is 0 Å². The molecule has 0 radical (unpaired) electrons. The van der Waals surface area contributed by atoms with E-state index in [1.165, 1.54) is 0 Å². The molecule has 1 atom stereocenters. The van der Waals surface area contributed by atoms with Crippen molar-refractivity contribution in [2.45, 2.75) is 18.6 Å². The molecule has 0 fully saturated rings. The summed E-state index contributed by atoms with van der Waals surface area (Å²) in [5.41, 5.74) is 2.11. The van der Waals surface area contributed by atoms with Crippen LogP contribution in [0.5, 0.6) is 0 Å². The van der Waals surface area contributed by atoms with E-state index in [0.29, 0.717) is 12.1 Å². The third-order valence-corrected chi connectivity index (χ3v) is 4.11. The van der Waals surface area contributed by atoms with Crippen LogP contribution in [0.4, 0.5) is 4.79 Å². The topological polar surface area (TPSA) is 105 Å². The Kier molecular flexibility index (Phi) is 8.96. The van der Waals surface area contributed by atoms with E-state index in [9.17, 15) is 14.4 Å². The Morgan fingerprint density at radius 2 is 2.06 bits per heavy atom. The van der Waals surface area contributed by atoms with Crippen molar-refractivity contribution in [3.63, 3.8) is 0 Å². The molecule has 0 aromatic heterocycles. The molecule has 0 aliphatic carbocycles. The Labute approximate surface area is 112 Å². The van der Waals surface area contributed by atoms with Crippen LogP contribution in [0.25, 0.3) is 0 Å². The number of carbonyl (C=O) groups is 3. The minimum absolute atomic E-state index is 0.0741. The third-order valence-electron chi connectivity index (χ3n) is 1.71. The molecule has 0 bridgehead atoms. The van der Waals surface area contributed by atoms with Crippen molar-refractivity contribution < 1.29 is 24.3 Å². The van der Waals surface area contributed by atoms with Crippen LogP contribution in [0.3, 0.4) is 0 Å². The van der Waals surface area contributed by atoms with Gasteiger partial charge in [-0.05, 0) is 0 Å². The number of hydroxylamine groups is 1. The van der Waals surface area contributed by atoms with Gasteiger partial charge in [0.1, 0.15) is 0 Å². The summed E-state index contributed by atoms with van der Waals surface area (Å²) < 4.78 is -0.0741. The Balaban J connectivity index is 3.43. The van der Waals surface area contributed by atoms with Crippen LogP contribution < -0.4 is 10.8 Å². The zero-order chi connectivity index (χ0) is 14.0. The molecule has 2 amide bonds. The first-order valence-corrected chi connectivity index (χ1v) is 7.78. The third kappa shape index (κ3) is 9.86. The first kappa shape index (κ1) is 16.7. The molecule has 0 spiro atoms. The maximum absolute atomic E-state index is 11.2. The normalized spacial score (nSPS) is 10.3. The summed E-state index contributed by atoms with van der Waals surface area (Å²) in [7, 11) is 0. The van der Waals surface area contributed by atoms with Crippen molar-refractivity contribution in [3.05, 3.63) is 12.2 Å². The Bertz CT molecular complexity index is 332. The van der Waals surface area contributed by atoms with Gasteiger partial charge in [-0.25, -0.2) is 0 Å². The number of carbonyl (C=O) groups excluding carboxylic acids is 2. The van der Waals surface area contributed by atoms with Crippen molar-refractivity contribution >= 4 is 32.3 Å². The molecule has 8 heteroatoms. The van der Waals surface area contributed by atoms with Crippen molar-refractivity contribution in [2.75, 3.05) is 13.2 Å². The SMILES string of the molecule is C=C(C)C(=O)NCCC[AsH]C(=O)CONC(=O)O. The van der Waals surface area contributed by atoms with Crippen molar-refractivity contribution in [1.29, 1.82) is 0 Å². The second-order valence-electron chi connectivity index (χ2n) is 3.44. The number of amides is 2. The number of hydrogen-bond donors (Lipinski definition) is 3. The number of hydrogen-bond acceptors (Lipinski definition) is 4. The van der Waals surface area contributed by atoms with E-state index in [-0.39, 0.29) is 17.1 Å². The second kappa shape index (κ2) is 9.67. The van der Waals surface area contributed by atoms with Crippen LogP contribution in [0, 0.1) is 0 Å². The first-order valence-electron chi connectivity index (χ1n) is 5.24. The maximum atomic E-state index is 11.2. The van der Waals surface area contributed by atoms with Crippen molar-refractivity contribution in [3.8, 4) is 0 Å². The summed E-state index contributed by atoms with van der Waals surface area (Å²) in [4.78, 5) is 36.8. The molecule has 3 N–H and O–H groups in total. The van der Waals surface area contributed by atoms with Gasteiger partial charge in [0.2, 0.25) is 0 Å². The van der Waals surface area contributed by atoms with Gasteiger partial charge >= 0.3 is 111 Å². The van der Waals surface area contributed by atoms with Gasteiger partial charge < -0.3 is 0 Å². The van der Waals surface area contributed by atoms with Crippen LogP contribution >= 0.6 is 0 Å². The van der Waals surface area contributed by atoms with Gasteiger partial charge in [-0.15, -0.1) is 0 Å². The van der Waals surface area contributed by atoms with E-state index in [2.05, 4.69) is 16.7 Å². The summed E-state index contributed by atoms with van der Waals surface area (Å²) in [6.07, 6.45) is -0.609. The number of nitrogens with one attached hydrogen (secondary N) is 2. The zero-order valence-corrected chi connectivity index (χ0v) is 12.2.